The van der Waals surface area contributed by atoms with Gasteiger partial charge in [-0.1, -0.05) is 42.5 Å². The fourth-order valence-electron chi connectivity index (χ4n) is 3.60. The number of rotatable bonds is 4. The highest BCUT2D eigenvalue weighted by Crippen LogP contribution is 2.17. The van der Waals surface area contributed by atoms with Gasteiger partial charge < -0.3 is 10.2 Å². The maximum absolute atomic E-state index is 12.5. The van der Waals surface area contributed by atoms with Crippen molar-refractivity contribution in [3.63, 3.8) is 0 Å². The smallest absolute Gasteiger partial charge is 0.324 e. The third kappa shape index (κ3) is 3.57. The van der Waals surface area contributed by atoms with Crippen LogP contribution in [0.2, 0.25) is 0 Å². The van der Waals surface area contributed by atoms with Crippen LogP contribution in [0.4, 0.5) is 5.82 Å². The van der Waals surface area contributed by atoms with E-state index in [2.05, 4.69) is 22.4 Å². The summed E-state index contributed by atoms with van der Waals surface area (Å²) in [6, 6.07) is 18.0. The molecule has 3 N–H and O–H groups in total. The second-order valence-electron chi connectivity index (χ2n) is 7.03. The van der Waals surface area contributed by atoms with Crippen molar-refractivity contribution in [3.05, 3.63) is 92.1 Å². The molecular weight excluding hydrogens is 340 g/mol. The van der Waals surface area contributed by atoms with Gasteiger partial charge in [0.25, 0.3) is 5.56 Å². The van der Waals surface area contributed by atoms with E-state index >= 15 is 0 Å². The number of aromatic nitrogens is 2. The molecular formula is C21H23N4O2+. The van der Waals surface area contributed by atoms with Gasteiger partial charge in [-0.15, -0.1) is 0 Å². The van der Waals surface area contributed by atoms with Crippen LogP contribution in [-0.2, 0) is 13.0 Å². The first-order valence-electron chi connectivity index (χ1n) is 9.18. The fraction of sp³-hybridized carbons (Fsp3) is 0.238. The highest BCUT2D eigenvalue weighted by molar-refractivity contribution is 5.51. The normalized spacial score (nSPS) is 15.8. The van der Waals surface area contributed by atoms with E-state index in [-0.39, 0.29) is 5.56 Å². The highest BCUT2D eigenvalue weighted by atomic mass is 16.2. The summed E-state index contributed by atoms with van der Waals surface area (Å²) >= 11 is 0. The monoisotopic (exact) mass is 363 g/mol. The van der Waals surface area contributed by atoms with Crippen molar-refractivity contribution in [2.75, 3.05) is 18.5 Å². The van der Waals surface area contributed by atoms with Gasteiger partial charge in [0, 0.05) is 6.42 Å². The van der Waals surface area contributed by atoms with E-state index in [0.717, 1.165) is 24.2 Å². The van der Waals surface area contributed by atoms with Gasteiger partial charge >= 0.3 is 5.69 Å². The summed E-state index contributed by atoms with van der Waals surface area (Å²) in [5, 5.41) is 3.32. The zero-order valence-electron chi connectivity index (χ0n) is 15.3. The Morgan fingerprint density at radius 1 is 1.07 bits per heavy atom. The number of nitrogens with one attached hydrogen (secondary N) is 3. The summed E-state index contributed by atoms with van der Waals surface area (Å²) in [5.74, 6) is 0.609. The average molecular weight is 363 g/mol. The first-order valence-corrected chi connectivity index (χ1v) is 9.18. The van der Waals surface area contributed by atoms with Gasteiger partial charge in [0.05, 0.1) is 12.2 Å². The van der Waals surface area contributed by atoms with Gasteiger partial charge in [-0.3, -0.25) is 9.78 Å². The lowest BCUT2D eigenvalue weighted by atomic mass is 10.1. The molecule has 0 amide bonds. The van der Waals surface area contributed by atoms with Gasteiger partial charge in [0.1, 0.15) is 17.9 Å². The van der Waals surface area contributed by atoms with Crippen molar-refractivity contribution in [2.24, 2.45) is 0 Å². The van der Waals surface area contributed by atoms with Crippen LogP contribution in [0.15, 0.2) is 64.2 Å². The molecule has 1 aliphatic heterocycles. The number of nitrogens with zero attached hydrogens (tertiary/aromatic N) is 1. The summed E-state index contributed by atoms with van der Waals surface area (Å²) in [6.07, 6.45) is 0.947. The van der Waals surface area contributed by atoms with Crippen molar-refractivity contribution in [3.8, 4) is 5.69 Å². The zero-order valence-corrected chi connectivity index (χ0v) is 15.3. The Morgan fingerprint density at radius 2 is 1.89 bits per heavy atom. The van der Waals surface area contributed by atoms with Crippen LogP contribution in [0.3, 0.4) is 0 Å². The van der Waals surface area contributed by atoms with Crippen LogP contribution < -0.4 is 21.5 Å². The third-order valence-corrected chi connectivity index (χ3v) is 5.01. The van der Waals surface area contributed by atoms with Crippen molar-refractivity contribution >= 4 is 5.82 Å². The zero-order chi connectivity index (χ0) is 18.8. The van der Waals surface area contributed by atoms with Crippen LogP contribution in [-0.4, -0.2) is 22.8 Å². The Kier molecular flexibility index (Phi) is 4.64. The maximum atomic E-state index is 12.5. The Balaban J connectivity index is 1.63. The molecule has 138 valence electrons. The number of benzene rings is 2. The summed E-state index contributed by atoms with van der Waals surface area (Å²) in [5.41, 5.74) is 3.02. The van der Waals surface area contributed by atoms with Gasteiger partial charge in [0.2, 0.25) is 0 Å². The van der Waals surface area contributed by atoms with Crippen LogP contribution in [0, 0.1) is 6.92 Å². The number of H-pyrrole nitrogens is 1. The number of anilines is 1. The molecule has 1 aliphatic rings. The number of hydrogen-bond acceptors (Lipinski definition) is 3. The molecule has 1 aromatic heterocycles. The van der Waals surface area contributed by atoms with Gasteiger partial charge in [-0.25, -0.2) is 9.36 Å². The summed E-state index contributed by atoms with van der Waals surface area (Å²) in [4.78, 5) is 28.7. The van der Waals surface area contributed by atoms with Crippen molar-refractivity contribution in [1.29, 1.82) is 0 Å². The SMILES string of the molecule is Cc1cccc(-n2c3c(c(=O)[nH]c2=O)C[NH+](CCc2ccccc2)CN3)c1. The molecule has 0 spiro atoms. The lowest BCUT2D eigenvalue weighted by molar-refractivity contribution is -0.912. The molecule has 0 radical (unpaired) electrons. The number of hydrogen-bond donors (Lipinski definition) is 3. The Hall–Kier alpha value is -3.12. The standard InChI is InChI=1S/C21H22N4O2/c1-15-6-5-9-17(12-15)25-19-18(20(26)23-21(25)27)13-24(14-22-19)11-10-16-7-3-2-4-8-16/h2-9,12,22H,10-11,13-14H2,1H3,(H,23,26,27)/p+1. The van der Waals surface area contributed by atoms with Crippen LogP contribution in [0.5, 0.6) is 0 Å². The first kappa shape index (κ1) is 17.3. The lowest BCUT2D eigenvalue weighted by Crippen LogP contribution is -3.13. The molecule has 2 aromatic carbocycles. The number of aryl methyl sites for hydroxylation is 1. The molecule has 0 saturated carbocycles. The van der Waals surface area contributed by atoms with E-state index in [1.807, 2.05) is 49.4 Å². The quantitative estimate of drug-likeness (QED) is 0.643. The molecule has 0 bridgehead atoms. The first-order chi connectivity index (χ1) is 13.1. The van der Waals surface area contributed by atoms with Crippen LogP contribution in [0.1, 0.15) is 16.7 Å². The maximum Gasteiger partial charge on any atom is 0.334 e. The van der Waals surface area contributed by atoms with E-state index in [0.29, 0.717) is 24.6 Å². The molecule has 3 aromatic rings. The number of quaternary nitrogens is 1. The average Bonchev–Trinajstić information content (AvgIpc) is 2.67. The van der Waals surface area contributed by atoms with Crippen molar-refractivity contribution in [2.45, 2.75) is 19.9 Å². The van der Waals surface area contributed by atoms with Crippen LogP contribution >= 0.6 is 0 Å². The molecule has 0 fully saturated rings. The van der Waals surface area contributed by atoms with E-state index in [1.54, 1.807) is 4.57 Å². The van der Waals surface area contributed by atoms with E-state index in [4.69, 9.17) is 0 Å². The Morgan fingerprint density at radius 3 is 2.67 bits per heavy atom. The molecule has 4 rings (SSSR count). The molecule has 2 heterocycles. The minimum Gasteiger partial charge on any atom is -0.324 e. The molecule has 1 atom stereocenters. The molecule has 27 heavy (non-hydrogen) atoms. The minimum atomic E-state index is -0.412. The minimum absolute atomic E-state index is 0.302. The van der Waals surface area contributed by atoms with Crippen molar-refractivity contribution < 1.29 is 4.90 Å². The Bertz CT molecular complexity index is 1070. The summed E-state index contributed by atoms with van der Waals surface area (Å²) in [6.45, 7) is 4.17. The predicted octanol–water partition coefficient (Wildman–Crippen LogP) is 0.845. The second-order valence-corrected chi connectivity index (χ2v) is 7.03. The van der Waals surface area contributed by atoms with Crippen molar-refractivity contribution in [1.82, 2.24) is 9.55 Å². The summed E-state index contributed by atoms with van der Waals surface area (Å²) in [7, 11) is 0. The fourth-order valence-corrected chi connectivity index (χ4v) is 3.60. The number of fused-ring (bicyclic) bond motifs is 1. The molecule has 6 nitrogen and oxygen atoms in total. The predicted molar refractivity (Wildman–Crippen MR) is 106 cm³/mol. The molecule has 1 unspecified atom stereocenters. The molecule has 6 heteroatoms. The lowest BCUT2D eigenvalue weighted by Gasteiger charge is -2.28. The van der Waals surface area contributed by atoms with E-state index in [9.17, 15) is 9.59 Å². The van der Waals surface area contributed by atoms with Crippen LogP contribution in [0.25, 0.3) is 5.69 Å². The second kappa shape index (κ2) is 7.25. The van der Waals surface area contributed by atoms with Gasteiger partial charge in [-0.2, -0.15) is 0 Å². The topological polar surface area (TPSA) is 71.3 Å². The molecule has 0 saturated heterocycles. The summed E-state index contributed by atoms with van der Waals surface area (Å²) < 4.78 is 1.57. The largest absolute Gasteiger partial charge is 0.334 e. The van der Waals surface area contributed by atoms with Gasteiger partial charge in [0.15, 0.2) is 6.67 Å². The van der Waals surface area contributed by atoms with Gasteiger partial charge in [-0.05, 0) is 30.2 Å². The van der Waals surface area contributed by atoms with E-state index in [1.165, 1.54) is 10.5 Å². The third-order valence-electron chi connectivity index (χ3n) is 5.01. The highest BCUT2D eigenvalue weighted by Gasteiger charge is 2.25. The van der Waals surface area contributed by atoms with E-state index < -0.39 is 5.69 Å². The molecule has 0 aliphatic carbocycles. The Labute approximate surface area is 157 Å². The number of aromatic amines is 1.